The van der Waals surface area contributed by atoms with Gasteiger partial charge in [-0.25, -0.2) is 9.97 Å². The number of nitrogen functional groups attached to an aromatic ring is 1. The molecule has 5 nitrogen and oxygen atoms in total. The molecule has 0 saturated carbocycles. The summed E-state index contributed by atoms with van der Waals surface area (Å²) in [6.07, 6.45) is 6.27. The molecule has 0 aromatic carbocycles. The van der Waals surface area contributed by atoms with Crippen LogP contribution >= 0.6 is 0 Å². The molecule has 0 spiro atoms. The lowest BCUT2D eigenvalue weighted by atomic mass is 10.3. The van der Waals surface area contributed by atoms with E-state index in [4.69, 9.17) is 10.5 Å². The van der Waals surface area contributed by atoms with E-state index in [0.29, 0.717) is 24.1 Å². The van der Waals surface area contributed by atoms with Crippen LogP contribution in [0.25, 0.3) is 0 Å². The molecule has 1 aromatic heterocycles. The molecule has 0 atom stereocenters. The fourth-order valence-corrected chi connectivity index (χ4v) is 1.23. The van der Waals surface area contributed by atoms with Crippen molar-refractivity contribution in [3.05, 3.63) is 18.9 Å². The first kappa shape index (κ1) is 13.3. The maximum atomic E-state index is 5.60. The van der Waals surface area contributed by atoms with Crippen LogP contribution in [0.1, 0.15) is 26.2 Å². The summed E-state index contributed by atoms with van der Waals surface area (Å²) in [6.45, 7) is 7.16. The number of nitrogens with two attached hydrogens (primary N) is 1. The van der Waals surface area contributed by atoms with Gasteiger partial charge < -0.3 is 15.8 Å². The van der Waals surface area contributed by atoms with Crippen LogP contribution in [0.4, 0.5) is 11.6 Å². The largest absolute Gasteiger partial charge is 0.475 e. The first-order chi connectivity index (χ1) is 8.27. The van der Waals surface area contributed by atoms with Crippen LogP contribution in [0.2, 0.25) is 0 Å². The minimum absolute atomic E-state index is 0.389. The summed E-state index contributed by atoms with van der Waals surface area (Å²) in [6, 6.07) is 0. The molecule has 5 heteroatoms. The van der Waals surface area contributed by atoms with Gasteiger partial charge in [-0.2, -0.15) is 0 Å². The van der Waals surface area contributed by atoms with Crippen molar-refractivity contribution in [2.75, 3.05) is 24.2 Å². The first-order valence-electron chi connectivity index (χ1n) is 5.88. The first-order valence-corrected chi connectivity index (χ1v) is 5.88. The van der Waals surface area contributed by atoms with E-state index in [-0.39, 0.29) is 0 Å². The van der Waals surface area contributed by atoms with E-state index in [1.807, 2.05) is 0 Å². The summed E-state index contributed by atoms with van der Waals surface area (Å²) >= 11 is 0. The Balaban J connectivity index is 2.62. The Morgan fingerprint density at radius 3 is 3.12 bits per heavy atom. The maximum Gasteiger partial charge on any atom is 0.257 e. The fourth-order valence-electron chi connectivity index (χ4n) is 1.23. The number of unbranched alkanes of at least 4 members (excludes halogenated alkanes) is 1. The SMILES string of the molecule is C=CCCOc1ncc(N)nc1NCCCC. The van der Waals surface area contributed by atoms with Crippen molar-refractivity contribution in [1.82, 2.24) is 9.97 Å². The molecule has 0 unspecified atom stereocenters. The van der Waals surface area contributed by atoms with Crippen LogP contribution in [-0.4, -0.2) is 23.1 Å². The summed E-state index contributed by atoms with van der Waals surface area (Å²) in [5.74, 6) is 1.50. The number of rotatable bonds is 8. The summed E-state index contributed by atoms with van der Waals surface area (Å²) < 4.78 is 5.50. The minimum Gasteiger partial charge on any atom is -0.475 e. The lowest BCUT2D eigenvalue weighted by Crippen LogP contribution is -2.09. The van der Waals surface area contributed by atoms with Crippen molar-refractivity contribution in [2.24, 2.45) is 0 Å². The number of aromatic nitrogens is 2. The Bertz CT molecular complexity index is 354. The van der Waals surface area contributed by atoms with Gasteiger partial charge in [-0.15, -0.1) is 6.58 Å². The van der Waals surface area contributed by atoms with Gasteiger partial charge in [0.15, 0.2) is 5.82 Å². The van der Waals surface area contributed by atoms with Gasteiger partial charge >= 0.3 is 0 Å². The van der Waals surface area contributed by atoms with Gasteiger partial charge in [-0.3, -0.25) is 0 Å². The quantitative estimate of drug-likeness (QED) is 0.535. The third-order valence-electron chi connectivity index (χ3n) is 2.14. The van der Waals surface area contributed by atoms with Crippen LogP contribution in [-0.2, 0) is 0 Å². The Kier molecular flexibility index (Phi) is 5.85. The molecule has 1 heterocycles. The molecule has 0 amide bonds. The van der Waals surface area contributed by atoms with Crippen molar-refractivity contribution < 1.29 is 4.74 Å². The highest BCUT2D eigenvalue weighted by Gasteiger charge is 2.07. The number of nitrogens with one attached hydrogen (secondary N) is 1. The van der Waals surface area contributed by atoms with Crippen LogP contribution < -0.4 is 15.8 Å². The van der Waals surface area contributed by atoms with Crippen LogP contribution in [0.3, 0.4) is 0 Å². The predicted molar refractivity (Wildman–Crippen MR) is 70.2 cm³/mol. The molecule has 0 aliphatic carbocycles. The topological polar surface area (TPSA) is 73.1 Å². The average molecular weight is 236 g/mol. The molecular formula is C12H20N4O. The normalized spacial score (nSPS) is 9.94. The molecule has 0 saturated heterocycles. The summed E-state index contributed by atoms with van der Waals surface area (Å²) in [5.41, 5.74) is 5.60. The van der Waals surface area contributed by atoms with E-state index < -0.39 is 0 Å². The van der Waals surface area contributed by atoms with Gasteiger partial charge in [-0.05, 0) is 12.8 Å². The third kappa shape index (κ3) is 4.72. The highest BCUT2D eigenvalue weighted by molar-refractivity contribution is 5.49. The highest BCUT2D eigenvalue weighted by Crippen LogP contribution is 2.20. The second-order valence-corrected chi connectivity index (χ2v) is 3.65. The zero-order valence-corrected chi connectivity index (χ0v) is 10.3. The minimum atomic E-state index is 0.389. The molecule has 3 N–H and O–H groups in total. The molecule has 0 aliphatic rings. The third-order valence-corrected chi connectivity index (χ3v) is 2.14. The average Bonchev–Trinajstić information content (AvgIpc) is 2.32. The maximum absolute atomic E-state index is 5.60. The zero-order chi connectivity index (χ0) is 12.5. The van der Waals surface area contributed by atoms with Gasteiger partial charge in [-0.1, -0.05) is 19.4 Å². The summed E-state index contributed by atoms with van der Waals surface area (Å²) in [4.78, 5) is 8.30. The van der Waals surface area contributed by atoms with Gasteiger partial charge in [0.2, 0.25) is 0 Å². The van der Waals surface area contributed by atoms with Crippen LogP contribution in [0.5, 0.6) is 5.88 Å². The Labute approximate surface area is 102 Å². The van der Waals surface area contributed by atoms with E-state index in [9.17, 15) is 0 Å². The molecule has 0 bridgehead atoms. The smallest absolute Gasteiger partial charge is 0.257 e. The second-order valence-electron chi connectivity index (χ2n) is 3.65. The molecule has 1 rings (SSSR count). The van der Waals surface area contributed by atoms with E-state index >= 15 is 0 Å². The number of hydrogen-bond acceptors (Lipinski definition) is 5. The molecule has 17 heavy (non-hydrogen) atoms. The van der Waals surface area contributed by atoms with Crippen molar-refractivity contribution in [2.45, 2.75) is 26.2 Å². The predicted octanol–water partition coefficient (Wildman–Crippen LogP) is 2.23. The monoisotopic (exact) mass is 236 g/mol. The van der Waals surface area contributed by atoms with E-state index in [0.717, 1.165) is 25.8 Å². The van der Waals surface area contributed by atoms with Crippen molar-refractivity contribution in [1.29, 1.82) is 0 Å². The number of nitrogens with zero attached hydrogens (tertiary/aromatic N) is 2. The van der Waals surface area contributed by atoms with Gasteiger partial charge in [0, 0.05) is 6.54 Å². The Morgan fingerprint density at radius 1 is 1.59 bits per heavy atom. The van der Waals surface area contributed by atoms with Gasteiger partial charge in [0.05, 0.1) is 12.8 Å². The highest BCUT2D eigenvalue weighted by atomic mass is 16.5. The van der Waals surface area contributed by atoms with E-state index in [1.54, 1.807) is 6.08 Å². The van der Waals surface area contributed by atoms with Crippen LogP contribution in [0.15, 0.2) is 18.9 Å². The standard InChI is InChI=1S/C12H20N4O/c1-3-5-7-14-11-12(17-8-6-4-2)15-9-10(13)16-11/h4,9H,2-3,5-8H2,1H3,(H3,13,14,16). The molecule has 0 fully saturated rings. The molecule has 0 radical (unpaired) electrons. The lowest BCUT2D eigenvalue weighted by Gasteiger charge is -2.10. The van der Waals surface area contributed by atoms with Gasteiger partial charge in [0.1, 0.15) is 5.82 Å². The van der Waals surface area contributed by atoms with E-state index in [2.05, 4.69) is 28.8 Å². The fraction of sp³-hybridized carbons (Fsp3) is 0.500. The van der Waals surface area contributed by atoms with E-state index in [1.165, 1.54) is 6.20 Å². The molecule has 1 aromatic rings. The summed E-state index contributed by atoms with van der Waals surface area (Å²) in [5, 5.41) is 3.18. The van der Waals surface area contributed by atoms with Gasteiger partial charge in [0.25, 0.3) is 5.88 Å². The number of anilines is 2. The lowest BCUT2D eigenvalue weighted by molar-refractivity contribution is 0.313. The number of ether oxygens (including phenoxy) is 1. The summed E-state index contributed by atoms with van der Waals surface area (Å²) in [7, 11) is 0. The second kappa shape index (κ2) is 7.49. The molecule has 94 valence electrons. The molecular weight excluding hydrogens is 216 g/mol. The zero-order valence-electron chi connectivity index (χ0n) is 10.3. The van der Waals surface area contributed by atoms with Crippen LogP contribution in [0, 0.1) is 0 Å². The Morgan fingerprint density at radius 2 is 2.41 bits per heavy atom. The molecule has 0 aliphatic heterocycles. The Hall–Kier alpha value is -1.78. The van der Waals surface area contributed by atoms with Crippen molar-refractivity contribution in [3.8, 4) is 5.88 Å². The number of hydrogen-bond donors (Lipinski definition) is 2. The van der Waals surface area contributed by atoms with Crippen molar-refractivity contribution in [3.63, 3.8) is 0 Å². The van der Waals surface area contributed by atoms with Crippen molar-refractivity contribution >= 4 is 11.6 Å².